The lowest BCUT2D eigenvalue weighted by Gasteiger charge is -1.89. The van der Waals surface area contributed by atoms with Crippen molar-refractivity contribution in [2.45, 2.75) is 19.8 Å². The van der Waals surface area contributed by atoms with Gasteiger partial charge in [-0.3, -0.25) is 14.9 Å². The van der Waals surface area contributed by atoms with Crippen LogP contribution in [0.3, 0.4) is 0 Å². The predicted octanol–water partition coefficient (Wildman–Crippen LogP) is -0.574. The molecule has 8 heteroatoms. The highest BCUT2D eigenvalue weighted by Crippen LogP contribution is 1.95. The van der Waals surface area contributed by atoms with Gasteiger partial charge in [0.05, 0.1) is 6.61 Å². The maximum atomic E-state index is 10.1. The molecule has 90 valence electrons. The van der Waals surface area contributed by atoms with Crippen LogP contribution in [0.5, 0.6) is 0 Å². The molecule has 4 N–H and O–H groups in total. The maximum absolute atomic E-state index is 10.1. The zero-order valence-corrected chi connectivity index (χ0v) is 8.74. The minimum absolute atomic E-state index is 0.148. The fourth-order valence-electron chi connectivity index (χ4n) is 0.650. The Hall–Kier alpha value is -2.21. The molecule has 0 bridgehead atoms. The largest absolute Gasteiger partial charge is 0.450 e. The van der Waals surface area contributed by atoms with Crippen molar-refractivity contribution in [3.8, 4) is 0 Å². The van der Waals surface area contributed by atoms with Crippen LogP contribution in [0, 0.1) is 5.41 Å². The fourth-order valence-corrected chi connectivity index (χ4v) is 0.650. The highest BCUT2D eigenvalue weighted by Gasteiger charge is 2.15. The number of imide groups is 1. The molecule has 0 saturated carbocycles. The van der Waals surface area contributed by atoms with E-state index in [9.17, 15) is 14.4 Å². The maximum Gasteiger partial charge on any atom is 0.404 e. The number of primary amides is 1. The van der Waals surface area contributed by atoms with E-state index in [4.69, 9.17) is 10.2 Å². The Bertz CT molecular complexity index is 269. The molecule has 0 aromatic carbocycles. The Morgan fingerprint density at radius 1 is 1.50 bits per heavy atom. The van der Waals surface area contributed by atoms with Crippen LogP contribution in [0.15, 0.2) is 0 Å². The molecule has 3 amide bonds. The predicted molar refractivity (Wildman–Crippen MR) is 52.0 cm³/mol. The first kappa shape index (κ1) is 16.2. The number of nitrogens with one attached hydrogen (secondary N) is 2. The molecule has 0 aromatic heterocycles. The fraction of sp³-hybridized carbons (Fsp3) is 0.500. The third-order valence-electron chi connectivity index (χ3n) is 1.14. The van der Waals surface area contributed by atoms with Crippen molar-refractivity contribution in [3.63, 3.8) is 0 Å². The number of hydrogen-bond acceptors (Lipinski definition) is 6. The van der Waals surface area contributed by atoms with Gasteiger partial charge >= 0.3 is 6.09 Å². The van der Waals surface area contributed by atoms with Crippen LogP contribution >= 0.6 is 0 Å². The van der Waals surface area contributed by atoms with Gasteiger partial charge in [0, 0.05) is 12.8 Å². The third-order valence-corrected chi connectivity index (χ3v) is 1.14. The molecule has 1 heterocycles. The zero-order chi connectivity index (χ0) is 13.0. The summed E-state index contributed by atoms with van der Waals surface area (Å²) in [5.41, 5.74) is 4.54. The van der Waals surface area contributed by atoms with Crippen molar-refractivity contribution in [1.82, 2.24) is 5.32 Å². The first-order chi connectivity index (χ1) is 7.47. The van der Waals surface area contributed by atoms with Gasteiger partial charge in [0.1, 0.15) is 0 Å². The standard InChI is InChI=1S/C4H5NO2.C3H7NO2.CHNO/c6-3-1-2-4(7)5-3;1-2-6-3(4)5;2-1-3/h1-2H2,(H,5,6,7);2H2,1H3,(H2,4,5);2H. The summed E-state index contributed by atoms with van der Waals surface area (Å²) in [4.78, 5) is 38.2. The molecular weight excluding hydrogens is 218 g/mol. The van der Waals surface area contributed by atoms with E-state index in [1.54, 1.807) is 6.92 Å². The second-order valence-electron chi connectivity index (χ2n) is 2.33. The molecule has 8 nitrogen and oxygen atoms in total. The summed E-state index contributed by atoms with van der Waals surface area (Å²) in [5, 5.41) is 7.54. The Balaban J connectivity index is 0. The van der Waals surface area contributed by atoms with Crippen molar-refractivity contribution >= 4 is 24.0 Å². The van der Waals surface area contributed by atoms with Crippen LogP contribution in [-0.2, 0) is 19.1 Å². The van der Waals surface area contributed by atoms with Crippen LogP contribution in [0.1, 0.15) is 19.8 Å². The second-order valence-corrected chi connectivity index (χ2v) is 2.33. The van der Waals surface area contributed by atoms with Crippen molar-refractivity contribution in [2.75, 3.05) is 6.61 Å². The molecule has 1 saturated heterocycles. The van der Waals surface area contributed by atoms with Gasteiger partial charge in [0.15, 0.2) is 0 Å². The van der Waals surface area contributed by atoms with Crippen LogP contribution in [0.2, 0.25) is 0 Å². The average Bonchev–Trinajstić information content (AvgIpc) is 2.52. The average molecular weight is 231 g/mol. The topological polar surface area (TPSA) is 139 Å². The van der Waals surface area contributed by atoms with E-state index in [0.29, 0.717) is 19.4 Å². The normalized spacial score (nSPS) is 12.1. The summed E-state index contributed by atoms with van der Waals surface area (Å²) in [6.45, 7) is 2.06. The molecule has 16 heavy (non-hydrogen) atoms. The van der Waals surface area contributed by atoms with E-state index < -0.39 is 6.09 Å². The van der Waals surface area contributed by atoms with Gasteiger partial charge in [-0.15, -0.1) is 0 Å². The minimum Gasteiger partial charge on any atom is -0.450 e. The Morgan fingerprint density at radius 2 is 1.88 bits per heavy atom. The van der Waals surface area contributed by atoms with Gasteiger partial charge in [0.25, 0.3) is 0 Å². The number of carbonyl (C=O) groups is 3. The molecular formula is C8H13N3O5. The molecule has 0 aromatic rings. The molecule has 1 fully saturated rings. The summed E-state index contributed by atoms with van der Waals surface area (Å²) in [7, 11) is 0. The highest BCUT2D eigenvalue weighted by atomic mass is 16.5. The molecule has 1 aliphatic rings. The van der Waals surface area contributed by atoms with Gasteiger partial charge in [-0.25, -0.2) is 15.0 Å². The van der Waals surface area contributed by atoms with Crippen LogP contribution < -0.4 is 11.1 Å². The lowest BCUT2D eigenvalue weighted by molar-refractivity contribution is -0.124. The number of carbonyl (C=O) groups excluding carboxylic acids is 4. The van der Waals surface area contributed by atoms with Crippen molar-refractivity contribution in [2.24, 2.45) is 5.73 Å². The molecule has 1 aliphatic heterocycles. The van der Waals surface area contributed by atoms with E-state index in [1.807, 2.05) is 0 Å². The number of isocyanates is 1. The van der Waals surface area contributed by atoms with E-state index in [1.165, 1.54) is 0 Å². The minimum atomic E-state index is -0.711. The van der Waals surface area contributed by atoms with Crippen LogP contribution in [-0.4, -0.2) is 30.6 Å². The lowest BCUT2D eigenvalue weighted by Crippen LogP contribution is -2.18. The van der Waals surface area contributed by atoms with Crippen molar-refractivity contribution in [1.29, 1.82) is 5.41 Å². The first-order valence-corrected chi connectivity index (χ1v) is 4.26. The van der Waals surface area contributed by atoms with E-state index >= 15 is 0 Å². The molecule has 0 spiro atoms. The molecule has 0 radical (unpaired) electrons. The van der Waals surface area contributed by atoms with Gasteiger partial charge in [-0.1, -0.05) is 0 Å². The van der Waals surface area contributed by atoms with Gasteiger partial charge in [-0.2, -0.15) is 0 Å². The van der Waals surface area contributed by atoms with Crippen molar-refractivity contribution in [3.05, 3.63) is 0 Å². The monoisotopic (exact) mass is 231 g/mol. The summed E-state index contributed by atoms with van der Waals surface area (Å²) >= 11 is 0. The van der Waals surface area contributed by atoms with Gasteiger partial charge in [0.2, 0.25) is 17.9 Å². The first-order valence-electron chi connectivity index (χ1n) is 4.26. The van der Waals surface area contributed by atoms with Crippen molar-refractivity contribution < 1.29 is 23.9 Å². The van der Waals surface area contributed by atoms with E-state index in [-0.39, 0.29) is 11.8 Å². The number of rotatable bonds is 1. The third kappa shape index (κ3) is 14.3. The van der Waals surface area contributed by atoms with Gasteiger partial charge in [-0.05, 0) is 6.92 Å². The summed E-state index contributed by atoms with van der Waals surface area (Å²) < 4.78 is 4.18. The summed E-state index contributed by atoms with van der Waals surface area (Å²) in [6, 6.07) is 0. The summed E-state index contributed by atoms with van der Waals surface area (Å²) in [5.74, 6) is -0.296. The quantitative estimate of drug-likeness (QED) is 0.315. The molecule has 0 unspecified atom stereocenters. The molecule has 0 aliphatic carbocycles. The smallest absolute Gasteiger partial charge is 0.404 e. The number of nitrogens with two attached hydrogens (primary N) is 1. The highest BCUT2D eigenvalue weighted by molar-refractivity contribution is 6.01. The number of amides is 3. The Kier molecular flexibility index (Phi) is 11.0. The zero-order valence-electron chi connectivity index (χ0n) is 8.74. The molecule has 1 rings (SSSR count). The molecule has 0 atom stereocenters. The van der Waals surface area contributed by atoms with E-state index in [0.717, 1.165) is 6.08 Å². The van der Waals surface area contributed by atoms with E-state index in [2.05, 4.69) is 15.8 Å². The number of ether oxygens (including phenoxy) is 1. The second kappa shape index (κ2) is 10.9. The Labute approximate surface area is 91.6 Å². The lowest BCUT2D eigenvalue weighted by atomic mass is 10.4. The SMILES string of the molecule is CCOC(N)=O.N=C=O.O=C1CCC(=O)N1. The van der Waals surface area contributed by atoms with Gasteiger partial charge < -0.3 is 10.5 Å². The summed E-state index contributed by atoms with van der Waals surface area (Å²) in [6.07, 6.45) is 0.787. The number of hydrogen-bond donors (Lipinski definition) is 3. The van der Waals surface area contributed by atoms with Crippen LogP contribution in [0.4, 0.5) is 4.79 Å². The van der Waals surface area contributed by atoms with Crippen LogP contribution in [0.25, 0.3) is 0 Å². The Morgan fingerprint density at radius 3 is 1.94 bits per heavy atom.